The Morgan fingerprint density at radius 1 is 1.21 bits per heavy atom. The van der Waals surface area contributed by atoms with Gasteiger partial charge in [0.2, 0.25) is 0 Å². The summed E-state index contributed by atoms with van der Waals surface area (Å²) in [6.45, 7) is 11.3. The fourth-order valence-corrected chi connectivity index (χ4v) is 4.08. The number of likely N-dealkylation sites (N-methyl/N-ethyl adjacent to an activating group) is 1. The van der Waals surface area contributed by atoms with E-state index in [-0.39, 0.29) is 0 Å². The highest BCUT2D eigenvalue weighted by Crippen LogP contribution is 2.66. The van der Waals surface area contributed by atoms with E-state index in [2.05, 4.69) is 45.1 Å². The van der Waals surface area contributed by atoms with Gasteiger partial charge in [-0.25, -0.2) is 0 Å². The van der Waals surface area contributed by atoms with Gasteiger partial charge in [0, 0.05) is 19.6 Å². The van der Waals surface area contributed by atoms with Crippen molar-refractivity contribution in [2.75, 3.05) is 40.3 Å². The van der Waals surface area contributed by atoms with Gasteiger partial charge in [-0.15, -0.1) is 0 Å². The van der Waals surface area contributed by atoms with Crippen molar-refractivity contribution in [3.05, 3.63) is 0 Å². The first kappa shape index (κ1) is 15.3. The van der Waals surface area contributed by atoms with Crippen LogP contribution in [0.2, 0.25) is 0 Å². The lowest BCUT2D eigenvalue weighted by Crippen LogP contribution is -2.38. The third-order valence-corrected chi connectivity index (χ3v) is 6.05. The summed E-state index contributed by atoms with van der Waals surface area (Å²) in [6.07, 6.45) is 4.52. The molecule has 112 valence electrons. The molecule has 2 fully saturated rings. The Morgan fingerprint density at radius 2 is 1.95 bits per heavy atom. The summed E-state index contributed by atoms with van der Waals surface area (Å²) in [5, 5.41) is 3.45. The van der Waals surface area contributed by atoms with Crippen molar-refractivity contribution in [1.82, 2.24) is 10.2 Å². The van der Waals surface area contributed by atoms with Gasteiger partial charge in [-0.2, -0.15) is 0 Å². The number of nitrogens with zero attached hydrogens (tertiary/aromatic N) is 1. The molecule has 0 saturated heterocycles. The summed E-state index contributed by atoms with van der Waals surface area (Å²) in [5.74, 6) is 0.879. The fraction of sp³-hybridized carbons (Fsp3) is 1.00. The molecule has 3 heteroatoms. The Balaban J connectivity index is 1.68. The molecule has 2 saturated carbocycles. The van der Waals surface area contributed by atoms with Crippen LogP contribution in [0.3, 0.4) is 0 Å². The first-order valence-electron chi connectivity index (χ1n) is 7.85. The summed E-state index contributed by atoms with van der Waals surface area (Å²) in [6, 6.07) is 0. The highest BCUT2D eigenvalue weighted by atomic mass is 16.5. The van der Waals surface area contributed by atoms with Crippen LogP contribution in [-0.2, 0) is 4.74 Å². The van der Waals surface area contributed by atoms with Crippen LogP contribution in [0.25, 0.3) is 0 Å². The minimum absolute atomic E-state index is 0.404. The zero-order chi connectivity index (χ0) is 14.1. The molecule has 0 aromatic rings. The van der Waals surface area contributed by atoms with E-state index in [1.807, 2.05) is 0 Å². The molecule has 0 aliphatic heterocycles. The van der Waals surface area contributed by atoms with Gasteiger partial charge in [0.05, 0.1) is 12.7 Å². The molecular weight excluding hydrogens is 236 g/mol. The third kappa shape index (κ3) is 2.84. The molecule has 0 aromatic carbocycles. The predicted octanol–water partition coefficient (Wildman–Crippen LogP) is 2.37. The number of fused-ring (bicyclic) bond motifs is 2. The lowest BCUT2D eigenvalue weighted by molar-refractivity contribution is -0.0449. The summed E-state index contributed by atoms with van der Waals surface area (Å²) in [4.78, 5) is 2.20. The van der Waals surface area contributed by atoms with Crippen molar-refractivity contribution < 1.29 is 4.74 Å². The van der Waals surface area contributed by atoms with Crippen LogP contribution in [-0.4, -0.2) is 51.3 Å². The van der Waals surface area contributed by atoms with Gasteiger partial charge in [-0.1, -0.05) is 20.8 Å². The predicted molar refractivity (Wildman–Crippen MR) is 80.4 cm³/mol. The van der Waals surface area contributed by atoms with E-state index < -0.39 is 0 Å². The first-order chi connectivity index (χ1) is 8.88. The quantitative estimate of drug-likeness (QED) is 0.718. The van der Waals surface area contributed by atoms with Crippen LogP contribution in [0.5, 0.6) is 0 Å². The van der Waals surface area contributed by atoms with Crippen molar-refractivity contribution >= 4 is 0 Å². The number of nitrogens with one attached hydrogen (secondary N) is 1. The van der Waals surface area contributed by atoms with E-state index in [1.54, 1.807) is 0 Å². The van der Waals surface area contributed by atoms with Gasteiger partial charge in [0.15, 0.2) is 0 Å². The summed E-state index contributed by atoms with van der Waals surface area (Å²) < 4.78 is 6.21. The Labute approximate surface area is 119 Å². The molecule has 0 aromatic heterocycles. The number of hydrogen-bond acceptors (Lipinski definition) is 3. The van der Waals surface area contributed by atoms with Gasteiger partial charge >= 0.3 is 0 Å². The first-order valence-corrected chi connectivity index (χ1v) is 7.85. The molecule has 2 aliphatic rings. The van der Waals surface area contributed by atoms with E-state index in [0.717, 1.165) is 32.2 Å². The molecule has 0 amide bonds. The standard InChI is InChI=1S/C16H32N2O/c1-15(2)13-6-7-16(15,3)14(12-13)19-11-9-17-8-10-18(4)5/h13-14,17H,6-12H2,1-5H3. The average molecular weight is 268 g/mol. The van der Waals surface area contributed by atoms with Crippen LogP contribution < -0.4 is 5.32 Å². The molecule has 19 heavy (non-hydrogen) atoms. The van der Waals surface area contributed by atoms with Gasteiger partial charge in [-0.05, 0) is 50.1 Å². The highest BCUT2D eigenvalue weighted by molar-refractivity contribution is 5.11. The second-order valence-electron chi connectivity index (χ2n) is 7.52. The van der Waals surface area contributed by atoms with Gasteiger partial charge in [0.25, 0.3) is 0 Å². The second kappa shape index (κ2) is 5.71. The van der Waals surface area contributed by atoms with Gasteiger partial charge in [0.1, 0.15) is 0 Å². The van der Waals surface area contributed by atoms with Crippen molar-refractivity contribution in [3.8, 4) is 0 Å². The molecule has 1 N–H and O–H groups in total. The monoisotopic (exact) mass is 268 g/mol. The minimum atomic E-state index is 0.404. The van der Waals surface area contributed by atoms with Crippen LogP contribution in [0.1, 0.15) is 40.0 Å². The van der Waals surface area contributed by atoms with E-state index >= 15 is 0 Å². The Morgan fingerprint density at radius 3 is 2.47 bits per heavy atom. The number of hydrogen-bond donors (Lipinski definition) is 1. The molecular formula is C16H32N2O. The normalized spacial score (nSPS) is 36.3. The maximum atomic E-state index is 6.21. The van der Waals surface area contributed by atoms with Gasteiger partial charge < -0.3 is 15.0 Å². The smallest absolute Gasteiger partial charge is 0.0637 e. The summed E-state index contributed by atoms with van der Waals surface area (Å²) in [7, 11) is 4.22. The zero-order valence-electron chi connectivity index (χ0n) is 13.5. The lowest BCUT2D eigenvalue weighted by Gasteiger charge is -2.39. The van der Waals surface area contributed by atoms with Crippen molar-refractivity contribution in [2.45, 2.75) is 46.1 Å². The largest absolute Gasteiger partial charge is 0.376 e. The SMILES string of the molecule is CN(C)CCNCCOC1CC2CCC1(C)C2(C)C. The Bertz CT molecular complexity index is 303. The van der Waals surface area contributed by atoms with Crippen LogP contribution in [0.15, 0.2) is 0 Å². The average Bonchev–Trinajstić information content (AvgIpc) is 2.66. The van der Waals surface area contributed by atoms with Crippen LogP contribution >= 0.6 is 0 Å². The minimum Gasteiger partial charge on any atom is -0.376 e. The zero-order valence-corrected chi connectivity index (χ0v) is 13.5. The molecule has 2 aliphatic carbocycles. The molecule has 3 nitrogen and oxygen atoms in total. The Kier molecular flexibility index (Phi) is 4.59. The molecule has 2 rings (SSSR count). The molecule has 2 bridgehead atoms. The van der Waals surface area contributed by atoms with Crippen molar-refractivity contribution in [1.29, 1.82) is 0 Å². The summed E-state index contributed by atoms with van der Waals surface area (Å²) in [5.41, 5.74) is 0.872. The van der Waals surface area contributed by atoms with Crippen LogP contribution in [0.4, 0.5) is 0 Å². The van der Waals surface area contributed by atoms with Crippen molar-refractivity contribution in [3.63, 3.8) is 0 Å². The lowest BCUT2D eigenvalue weighted by atomic mass is 9.70. The summed E-state index contributed by atoms with van der Waals surface area (Å²) >= 11 is 0. The topological polar surface area (TPSA) is 24.5 Å². The van der Waals surface area contributed by atoms with E-state index in [1.165, 1.54) is 19.3 Å². The maximum Gasteiger partial charge on any atom is 0.0637 e. The second-order valence-corrected chi connectivity index (χ2v) is 7.52. The molecule has 3 unspecified atom stereocenters. The molecule has 0 spiro atoms. The Hall–Kier alpha value is -0.120. The van der Waals surface area contributed by atoms with Crippen LogP contribution in [0, 0.1) is 16.7 Å². The maximum absolute atomic E-state index is 6.21. The number of rotatable bonds is 7. The molecule has 3 atom stereocenters. The highest BCUT2D eigenvalue weighted by Gasteiger charge is 2.61. The number of ether oxygens (including phenoxy) is 1. The fourth-order valence-electron chi connectivity index (χ4n) is 4.08. The third-order valence-electron chi connectivity index (χ3n) is 6.05. The molecule has 0 heterocycles. The van der Waals surface area contributed by atoms with E-state index in [0.29, 0.717) is 16.9 Å². The van der Waals surface area contributed by atoms with Crippen molar-refractivity contribution in [2.24, 2.45) is 16.7 Å². The van der Waals surface area contributed by atoms with E-state index in [9.17, 15) is 0 Å². The van der Waals surface area contributed by atoms with E-state index in [4.69, 9.17) is 4.74 Å². The van der Waals surface area contributed by atoms with Gasteiger partial charge in [-0.3, -0.25) is 0 Å². The molecule has 0 radical (unpaired) electrons.